The molecule has 1 aliphatic heterocycles. The summed E-state index contributed by atoms with van der Waals surface area (Å²) in [6, 6.07) is 0. The number of oxazole rings is 1. The number of hydrazone groups is 1. The van der Waals surface area contributed by atoms with Crippen molar-refractivity contribution in [2.45, 2.75) is 20.3 Å². The molecule has 126 valence electrons. The Hall–Kier alpha value is -2.89. The van der Waals surface area contributed by atoms with Crippen molar-refractivity contribution in [3.05, 3.63) is 61.1 Å². The molecule has 2 rings (SSSR count). The second-order valence-electron chi connectivity index (χ2n) is 5.36. The van der Waals surface area contributed by atoms with E-state index in [4.69, 9.17) is 4.42 Å². The van der Waals surface area contributed by atoms with Crippen LogP contribution in [0.2, 0.25) is 0 Å². The van der Waals surface area contributed by atoms with E-state index in [1.807, 2.05) is 43.3 Å². The van der Waals surface area contributed by atoms with Crippen LogP contribution >= 0.6 is 0 Å². The van der Waals surface area contributed by atoms with Crippen LogP contribution in [0.25, 0.3) is 5.57 Å². The van der Waals surface area contributed by atoms with Crippen molar-refractivity contribution >= 4 is 17.5 Å². The number of nitrogens with one attached hydrogen (secondary N) is 1. The summed E-state index contributed by atoms with van der Waals surface area (Å²) in [7, 11) is 0. The smallest absolute Gasteiger partial charge is 0.225 e. The van der Waals surface area contributed by atoms with Gasteiger partial charge in [-0.1, -0.05) is 13.2 Å². The van der Waals surface area contributed by atoms with E-state index in [1.54, 1.807) is 6.20 Å². The van der Waals surface area contributed by atoms with Gasteiger partial charge in [0.1, 0.15) is 12.9 Å². The quantitative estimate of drug-likeness (QED) is 0.452. The number of aromatic nitrogens is 1. The molecule has 0 amide bonds. The molecule has 6 nitrogen and oxygen atoms in total. The maximum atomic E-state index is 5.17. The van der Waals surface area contributed by atoms with Crippen LogP contribution in [0.4, 0.5) is 0 Å². The molecule has 0 atom stereocenters. The van der Waals surface area contributed by atoms with E-state index in [1.165, 1.54) is 6.26 Å². The van der Waals surface area contributed by atoms with Crippen LogP contribution in [0.3, 0.4) is 0 Å². The van der Waals surface area contributed by atoms with Gasteiger partial charge in [-0.3, -0.25) is 4.99 Å². The molecule has 0 aromatic carbocycles. The molecule has 0 spiro atoms. The second-order valence-corrected chi connectivity index (χ2v) is 5.36. The second kappa shape index (κ2) is 8.67. The van der Waals surface area contributed by atoms with Crippen molar-refractivity contribution < 1.29 is 4.42 Å². The van der Waals surface area contributed by atoms with Crippen molar-refractivity contribution in [2.75, 3.05) is 13.2 Å². The Labute approximate surface area is 142 Å². The topological polar surface area (TPSA) is 66.0 Å². The summed E-state index contributed by atoms with van der Waals surface area (Å²) < 4.78 is 5.17. The van der Waals surface area contributed by atoms with Crippen LogP contribution in [-0.2, 0) is 0 Å². The fraction of sp³-hybridized carbons (Fsp3) is 0.278. The summed E-state index contributed by atoms with van der Waals surface area (Å²) in [5, 5.41) is 9.50. The molecule has 0 saturated carbocycles. The minimum atomic E-state index is 0.508. The van der Waals surface area contributed by atoms with Crippen LogP contribution < -0.4 is 5.32 Å². The predicted octanol–water partition coefficient (Wildman–Crippen LogP) is 3.36. The van der Waals surface area contributed by atoms with Crippen LogP contribution in [-0.4, -0.2) is 35.1 Å². The highest BCUT2D eigenvalue weighted by molar-refractivity contribution is 5.93. The fourth-order valence-corrected chi connectivity index (χ4v) is 2.01. The lowest BCUT2D eigenvalue weighted by molar-refractivity contribution is 0.374. The average molecular weight is 325 g/mol. The van der Waals surface area contributed by atoms with Crippen LogP contribution in [0.1, 0.15) is 26.2 Å². The molecule has 0 radical (unpaired) electrons. The average Bonchev–Trinajstić information content (AvgIpc) is 3.08. The van der Waals surface area contributed by atoms with E-state index in [2.05, 4.69) is 33.6 Å². The molecule has 0 unspecified atom stereocenters. The van der Waals surface area contributed by atoms with Crippen molar-refractivity contribution in [3.8, 4) is 0 Å². The van der Waals surface area contributed by atoms with Gasteiger partial charge in [0.05, 0.1) is 6.20 Å². The zero-order valence-electron chi connectivity index (χ0n) is 14.2. The molecule has 1 aromatic heterocycles. The highest BCUT2D eigenvalue weighted by atomic mass is 16.3. The van der Waals surface area contributed by atoms with Crippen LogP contribution in [0.5, 0.6) is 0 Å². The summed E-state index contributed by atoms with van der Waals surface area (Å²) in [5.74, 6) is 0.508. The summed E-state index contributed by atoms with van der Waals surface area (Å²) in [6.45, 7) is 13.2. The Morgan fingerprint density at radius 2 is 2.25 bits per heavy atom. The van der Waals surface area contributed by atoms with Gasteiger partial charge < -0.3 is 9.73 Å². The Kier molecular flexibility index (Phi) is 6.31. The minimum Gasteiger partial charge on any atom is -0.445 e. The first-order valence-corrected chi connectivity index (χ1v) is 7.75. The lowest BCUT2D eigenvalue weighted by Gasteiger charge is -2.21. The molecule has 1 N–H and O–H groups in total. The van der Waals surface area contributed by atoms with Gasteiger partial charge in [0, 0.05) is 41.9 Å². The van der Waals surface area contributed by atoms with E-state index >= 15 is 0 Å². The number of nitrogens with zero attached hydrogens (tertiary/aromatic N) is 4. The summed E-state index contributed by atoms with van der Waals surface area (Å²) >= 11 is 0. The fourth-order valence-electron chi connectivity index (χ4n) is 2.01. The number of rotatable bonds is 8. The Balaban J connectivity index is 1.67. The Morgan fingerprint density at radius 1 is 1.42 bits per heavy atom. The molecule has 1 aliphatic rings. The van der Waals surface area contributed by atoms with E-state index in [9.17, 15) is 0 Å². The number of allylic oxidation sites excluding steroid dienone is 5. The van der Waals surface area contributed by atoms with Gasteiger partial charge in [-0.15, -0.1) is 0 Å². The van der Waals surface area contributed by atoms with Crippen molar-refractivity contribution in [2.24, 2.45) is 10.1 Å². The van der Waals surface area contributed by atoms with Gasteiger partial charge in [-0.05, 0) is 32.1 Å². The summed E-state index contributed by atoms with van der Waals surface area (Å²) in [5.41, 5.74) is 3.64. The maximum absolute atomic E-state index is 5.17. The molecule has 1 aromatic rings. The Bertz CT molecular complexity index is 695. The largest absolute Gasteiger partial charge is 0.445 e. The molecule has 0 bridgehead atoms. The molecule has 0 aliphatic carbocycles. The first-order valence-electron chi connectivity index (χ1n) is 7.75. The third kappa shape index (κ3) is 5.39. The van der Waals surface area contributed by atoms with E-state index < -0.39 is 0 Å². The zero-order chi connectivity index (χ0) is 17.4. The van der Waals surface area contributed by atoms with Crippen LogP contribution in [0.15, 0.2) is 69.8 Å². The third-order valence-electron chi connectivity index (χ3n) is 3.32. The number of aliphatic imine (C=N–C) groups is 1. The van der Waals surface area contributed by atoms with Crippen molar-refractivity contribution in [1.82, 2.24) is 15.3 Å². The van der Waals surface area contributed by atoms with Crippen molar-refractivity contribution in [3.63, 3.8) is 0 Å². The summed E-state index contributed by atoms with van der Waals surface area (Å²) in [4.78, 5) is 8.38. The number of hydrogen-bond donors (Lipinski definition) is 1. The minimum absolute atomic E-state index is 0.508. The van der Waals surface area contributed by atoms with Crippen LogP contribution in [0, 0.1) is 0 Å². The molecule has 0 saturated heterocycles. The first kappa shape index (κ1) is 17.5. The van der Waals surface area contributed by atoms with E-state index in [0.29, 0.717) is 18.1 Å². The normalized spacial score (nSPS) is 14.8. The summed E-state index contributed by atoms with van der Waals surface area (Å²) in [6.07, 6.45) is 11.5. The number of hydrogen-bond acceptors (Lipinski definition) is 6. The molecular weight excluding hydrogens is 302 g/mol. The van der Waals surface area contributed by atoms with E-state index in [-0.39, 0.29) is 0 Å². The lowest BCUT2D eigenvalue weighted by Crippen LogP contribution is -2.21. The Morgan fingerprint density at radius 3 is 2.96 bits per heavy atom. The molecule has 0 fully saturated rings. The monoisotopic (exact) mass is 325 g/mol. The highest BCUT2D eigenvalue weighted by Crippen LogP contribution is 2.11. The van der Waals surface area contributed by atoms with Gasteiger partial charge in [-0.2, -0.15) is 5.10 Å². The first-order chi connectivity index (χ1) is 11.6. The molecular formula is C18H23N5O. The SMILES string of the molecule is C=C(/C=C\C(=C)c1ncco1)NCC/C=N\N1CN=C(C)C=C1C. The predicted molar refractivity (Wildman–Crippen MR) is 98.5 cm³/mol. The molecule has 24 heavy (non-hydrogen) atoms. The maximum Gasteiger partial charge on any atom is 0.225 e. The standard InChI is InChI=1S/C18H23N5O/c1-14(18-20-10-11-24-18)6-7-15(2)19-8-5-9-22-23-13-21-16(3)12-17(23)4/h6-7,9-12,19H,1-2,5,8,13H2,3-4H3/b7-6-,22-9-. The van der Waals surface area contributed by atoms with Gasteiger partial charge in [0.15, 0.2) is 0 Å². The molecule has 6 heteroatoms. The highest BCUT2D eigenvalue weighted by Gasteiger charge is 2.06. The zero-order valence-corrected chi connectivity index (χ0v) is 14.2. The van der Waals surface area contributed by atoms with Gasteiger partial charge in [0.2, 0.25) is 5.89 Å². The third-order valence-corrected chi connectivity index (χ3v) is 3.32. The van der Waals surface area contributed by atoms with Crippen molar-refractivity contribution in [1.29, 1.82) is 0 Å². The molecule has 2 heterocycles. The van der Waals surface area contributed by atoms with Gasteiger partial charge in [-0.25, -0.2) is 9.99 Å². The lowest BCUT2D eigenvalue weighted by atomic mass is 10.2. The van der Waals surface area contributed by atoms with Gasteiger partial charge in [0.25, 0.3) is 0 Å². The van der Waals surface area contributed by atoms with E-state index in [0.717, 1.165) is 30.1 Å². The van der Waals surface area contributed by atoms with Gasteiger partial charge >= 0.3 is 0 Å².